The smallest absolute Gasteiger partial charge is 0.223 e. The first kappa shape index (κ1) is 12.0. The molecule has 1 aromatic heterocycles. The van der Waals surface area contributed by atoms with Gasteiger partial charge in [0.1, 0.15) is 0 Å². The van der Waals surface area contributed by atoms with Crippen molar-refractivity contribution in [2.75, 3.05) is 19.6 Å². The SMILES string of the molecule is CC1CNCCN1C(=O)CCc1ccncc1. The van der Waals surface area contributed by atoms with Gasteiger partial charge in [-0.3, -0.25) is 9.78 Å². The lowest BCUT2D eigenvalue weighted by Gasteiger charge is -2.34. The van der Waals surface area contributed by atoms with Crippen molar-refractivity contribution in [3.05, 3.63) is 30.1 Å². The molecule has 0 saturated carbocycles. The van der Waals surface area contributed by atoms with E-state index >= 15 is 0 Å². The average molecular weight is 233 g/mol. The Morgan fingerprint density at radius 1 is 1.53 bits per heavy atom. The van der Waals surface area contributed by atoms with Gasteiger partial charge in [0.25, 0.3) is 0 Å². The fourth-order valence-corrected chi connectivity index (χ4v) is 2.16. The van der Waals surface area contributed by atoms with Crippen LogP contribution in [0.4, 0.5) is 0 Å². The van der Waals surface area contributed by atoms with E-state index in [9.17, 15) is 4.79 Å². The summed E-state index contributed by atoms with van der Waals surface area (Å²) in [6.45, 7) is 4.74. The minimum absolute atomic E-state index is 0.260. The molecule has 1 fully saturated rings. The van der Waals surface area contributed by atoms with Gasteiger partial charge in [-0.2, -0.15) is 0 Å². The predicted molar refractivity (Wildman–Crippen MR) is 66.6 cm³/mol. The summed E-state index contributed by atoms with van der Waals surface area (Å²) < 4.78 is 0. The Hall–Kier alpha value is -1.42. The first-order valence-corrected chi connectivity index (χ1v) is 6.16. The monoisotopic (exact) mass is 233 g/mol. The second-order valence-electron chi connectivity index (χ2n) is 4.50. The molecule has 4 heteroatoms. The highest BCUT2D eigenvalue weighted by Gasteiger charge is 2.22. The number of aryl methyl sites for hydroxylation is 1. The summed E-state index contributed by atoms with van der Waals surface area (Å²) in [4.78, 5) is 18.0. The van der Waals surface area contributed by atoms with Crippen LogP contribution in [0.25, 0.3) is 0 Å². The summed E-state index contributed by atoms with van der Waals surface area (Å²) in [7, 11) is 0. The quantitative estimate of drug-likeness (QED) is 0.841. The molecule has 0 bridgehead atoms. The molecular formula is C13H19N3O. The molecule has 1 saturated heterocycles. The van der Waals surface area contributed by atoms with E-state index in [0.29, 0.717) is 12.5 Å². The number of hydrogen-bond acceptors (Lipinski definition) is 3. The molecule has 0 spiro atoms. The second kappa shape index (κ2) is 5.77. The molecule has 17 heavy (non-hydrogen) atoms. The van der Waals surface area contributed by atoms with Gasteiger partial charge in [0, 0.05) is 44.5 Å². The zero-order valence-electron chi connectivity index (χ0n) is 10.2. The molecule has 92 valence electrons. The highest BCUT2D eigenvalue weighted by Crippen LogP contribution is 2.08. The average Bonchev–Trinajstić information content (AvgIpc) is 2.38. The Morgan fingerprint density at radius 2 is 2.29 bits per heavy atom. The number of nitrogens with zero attached hydrogens (tertiary/aromatic N) is 2. The summed E-state index contributed by atoms with van der Waals surface area (Å²) >= 11 is 0. The minimum Gasteiger partial charge on any atom is -0.337 e. The summed E-state index contributed by atoms with van der Waals surface area (Å²) in [6, 6.07) is 4.25. The number of piperazine rings is 1. The number of nitrogens with one attached hydrogen (secondary N) is 1. The maximum atomic E-state index is 12.1. The maximum absolute atomic E-state index is 12.1. The van der Waals surface area contributed by atoms with Crippen molar-refractivity contribution in [2.24, 2.45) is 0 Å². The summed E-state index contributed by atoms with van der Waals surface area (Å²) in [6.07, 6.45) is 4.94. The van der Waals surface area contributed by atoms with Gasteiger partial charge in [-0.15, -0.1) is 0 Å². The zero-order valence-corrected chi connectivity index (χ0v) is 10.2. The van der Waals surface area contributed by atoms with E-state index in [-0.39, 0.29) is 5.91 Å². The highest BCUT2D eigenvalue weighted by molar-refractivity contribution is 5.76. The number of pyridine rings is 1. The third-order valence-electron chi connectivity index (χ3n) is 3.20. The van der Waals surface area contributed by atoms with Crippen LogP contribution in [-0.2, 0) is 11.2 Å². The standard InChI is InChI=1S/C13H19N3O/c1-11-10-15-8-9-16(11)13(17)3-2-12-4-6-14-7-5-12/h4-7,11,15H,2-3,8-10H2,1H3. The normalized spacial score (nSPS) is 20.3. The van der Waals surface area contributed by atoms with E-state index in [2.05, 4.69) is 17.2 Å². The van der Waals surface area contributed by atoms with E-state index < -0.39 is 0 Å². The Morgan fingerprint density at radius 3 is 3.00 bits per heavy atom. The first-order chi connectivity index (χ1) is 8.27. The molecule has 1 aliphatic heterocycles. The van der Waals surface area contributed by atoms with Crippen molar-refractivity contribution in [3.8, 4) is 0 Å². The van der Waals surface area contributed by atoms with Crippen LogP contribution >= 0.6 is 0 Å². The first-order valence-electron chi connectivity index (χ1n) is 6.16. The van der Waals surface area contributed by atoms with Crippen molar-refractivity contribution in [1.82, 2.24) is 15.2 Å². The molecule has 1 unspecified atom stereocenters. The van der Waals surface area contributed by atoms with Crippen LogP contribution in [0.3, 0.4) is 0 Å². The molecular weight excluding hydrogens is 214 g/mol. The number of carbonyl (C=O) groups excluding carboxylic acids is 1. The van der Waals surface area contributed by atoms with Crippen LogP contribution in [0.15, 0.2) is 24.5 Å². The molecule has 1 aliphatic rings. The van der Waals surface area contributed by atoms with Crippen molar-refractivity contribution >= 4 is 5.91 Å². The van der Waals surface area contributed by atoms with Crippen molar-refractivity contribution in [1.29, 1.82) is 0 Å². The van der Waals surface area contributed by atoms with Crippen LogP contribution in [-0.4, -0.2) is 41.5 Å². The van der Waals surface area contributed by atoms with Crippen LogP contribution in [0.5, 0.6) is 0 Å². The Labute approximate surface area is 102 Å². The third-order valence-corrected chi connectivity index (χ3v) is 3.20. The Kier molecular flexibility index (Phi) is 4.09. The topological polar surface area (TPSA) is 45.2 Å². The minimum atomic E-state index is 0.260. The van der Waals surface area contributed by atoms with Gasteiger partial charge >= 0.3 is 0 Å². The maximum Gasteiger partial charge on any atom is 0.223 e. The predicted octanol–water partition coefficient (Wildman–Crippen LogP) is 0.834. The third kappa shape index (κ3) is 3.27. The van der Waals surface area contributed by atoms with Gasteiger partial charge in [-0.1, -0.05) is 0 Å². The van der Waals surface area contributed by atoms with Gasteiger partial charge in [0.05, 0.1) is 0 Å². The number of amides is 1. The lowest BCUT2D eigenvalue weighted by atomic mass is 10.1. The molecule has 2 heterocycles. The molecule has 1 aromatic rings. The van der Waals surface area contributed by atoms with Gasteiger partial charge < -0.3 is 10.2 Å². The highest BCUT2D eigenvalue weighted by atomic mass is 16.2. The largest absolute Gasteiger partial charge is 0.337 e. The van der Waals surface area contributed by atoms with Crippen LogP contribution in [0, 0.1) is 0 Å². The fourth-order valence-electron chi connectivity index (χ4n) is 2.16. The molecule has 1 N–H and O–H groups in total. The molecule has 1 atom stereocenters. The molecule has 0 radical (unpaired) electrons. The van der Waals surface area contributed by atoms with Crippen LogP contribution in [0.2, 0.25) is 0 Å². The number of carbonyl (C=O) groups is 1. The number of hydrogen-bond donors (Lipinski definition) is 1. The Balaban J connectivity index is 1.84. The van der Waals surface area contributed by atoms with Crippen molar-refractivity contribution in [2.45, 2.75) is 25.8 Å². The van der Waals surface area contributed by atoms with Crippen molar-refractivity contribution < 1.29 is 4.79 Å². The van der Waals surface area contributed by atoms with Crippen LogP contribution in [0.1, 0.15) is 18.9 Å². The molecule has 2 rings (SSSR count). The zero-order chi connectivity index (χ0) is 12.1. The Bertz CT molecular complexity index is 366. The molecule has 0 aliphatic carbocycles. The van der Waals surface area contributed by atoms with E-state index in [1.54, 1.807) is 12.4 Å². The van der Waals surface area contributed by atoms with E-state index in [1.807, 2.05) is 17.0 Å². The van der Waals surface area contributed by atoms with Gasteiger partial charge in [-0.05, 0) is 31.0 Å². The fraction of sp³-hybridized carbons (Fsp3) is 0.538. The van der Waals surface area contributed by atoms with E-state index in [0.717, 1.165) is 26.1 Å². The van der Waals surface area contributed by atoms with E-state index in [1.165, 1.54) is 5.56 Å². The summed E-state index contributed by atoms with van der Waals surface area (Å²) in [5.74, 6) is 0.260. The van der Waals surface area contributed by atoms with Gasteiger partial charge in [0.15, 0.2) is 0 Å². The number of aromatic nitrogens is 1. The molecule has 1 amide bonds. The second-order valence-corrected chi connectivity index (χ2v) is 4.50. The van der Waals surface area contributed by atoms with E-state index in [4.69, 9.17) is 0 Å². The van der Waals surface area contributed by atoms with Gasteiger partial charge in [0.2, 0.25) is 5.91 Å². The summed E-state index contributed by atoms with van der Waals surface area (Å²) in [5, 5.41) is 3.29. The van der Waals surface area contributed by atoms with Gasteiger partial charge in [-0.25, -0.2) is 0 Å². The molecule has 4 nitrogen and oxygen atoms in total. The van der Waals surface area contributed by atoms with Crippen LogP contribution < -0.4 is 5.32 Å². The van der Waals surface area contributed by atoms with Crippen molar-refractivity contribution in [3.63, 3.8) is 0 Å². The molecule has 0 aromatic carbocycles. The lowest BCUT2D eigenvalue weighted by Crippen LogP contribution is -2.52. The summed E-state index contributed by atoms with van der Waals surface area (Å²) in [5.41, 5.74) is 1.18. The lowest BCUT2D eigenvalue weighted by molar-refractivity contribution is -0.133. The number of rotatable bonds is 3.